The molecule has 0 saturated heterocycles. The van der Waals surface area contributed by atoms with E-state index >= 15 is 0 Å². The van der Waals surface area contributed by atoms with Crippen LogP contribution in [0.5, 0.6) is 0 Å². The van der Waals surface area contributed by atoms with E-state index in [1.807, 2.05) is 10.5 Å². The van der Waals surface area contributed by atoms with Crippen molar-refractivity contribution in [3.8, 4) is 22.3 Å². The van der Waals surface area contributed by atoms with Gasteiger partial charge in [-0.05, 0) is 22.3 Å². The molecule has 0 N–H and O–H groups in total. The topological polar surface area (TPSA) is 80.3 Å². The second-order valence-electron chi connectivity index (χ2n) is 1.55. The van der Waals surface area contributed by atoms with Crippen molar-refractivity contribution >= 4 is 58.3 Å². The van der Waals surface area contributed by atoms with E-state index in [2.05, 4.69) is 35.1 Å². The first-order valence-electron chi connectivity index (χ1n) is 3.26. The molecule has 0 aliphatic heterocycles. The number of aliphatic carboxylic acids is 2. The summed E-state index contributed by atoms with van der Waals surface area (Å²) in [5, 5.41) is 22.2. The van der Waals surface area contributed by atoms with Crippen molar-refractivity contribution in [3.63, 3.8) is 0 Å². The number of carbonyl (C=O) groups excluding carboxylic acids is 2. The Hall–Kier alpha value is -0.441. The van der Waals surface area contributed by atoms with E-state index in [4.69, 9.17) is 0 Å². The number of carbonyl (C=O) groups is 2. The molecule has 0 aromatic heterocycles. The number of carboxylic acid groups (broad SMARTS) is 2. The zero-order valence-electron chi connectivity index (χ0n) is 8.03. The molecule has 15 heavy (non-hydrogen) atoms. The van der Waals surface area contributed by atoms with Gasteiger partial charge in [-0.15, -0.1) is 0 Å². The van der Waals surface area contributed by atoms with Gasteiger partial charge in [0.15, 0.2) is 0 Å². The molecule has 0 bridgehead atoms. The summed E-state index contributed by atoms with van der Waals surface area (Å²) in [6.07, 6.45) is 0. The summed E-state index contributed by atoms with van der Waals surface area (Å²) in [6, 6.07) is 0. The Bertz CT molecular complexity index is 265. The number of carboxylic acids is 2. The molecule has 0 aromatic carbocycles. The molecular formula is C8H8O4S2Sn. The molecule has 0 rings (SSSR count). The summed E-state index contributed by atoms with van der Waals surface area (Å²) in [7, 11) is 0. The van der Waals surface area contributed by atoms with Crippen LogP contribution in [0.4, 0.5) is 0 Å². The summed E-state index contributed by atoms with van der Waals surface area (Å²) in [5.74, 6) is 0.460. The van der Waals surface area contributed by atoms with Gasteiger partial charge in [-0.1, -0.05) is 25.3 Å². The molecule has 0 heterocycles. The monoisotopic (exact) mass is 352 g/mol. The van der Waals surface area contributed by atoms with E-state index in [9.17, 15) is 19.8 Å². The average molecular weight is 351 g/mol. The predicted octanol–water partition coefficient (Wildman–Crippen LogP) is -1.96. The fourth-order valence-electron chi connectivity index (χ4n) is 0.0913. The minimum absolute atomic E-state index is 0.230. The third kappa shape index (κ3) is 58.6. The van der Waals surface area contributed by atoms with Gasteiger partial charge in [-0.25, -0.2) is 0 Å². The summed E-state index contributed by atoms with van der Waals surface area (Å²) < 4.78 is 0. The van der Waals surface area contributed by atoms with Gasteiger partial charge in [-0.2, -0.15) is 0 Å². The van der Waals surface area contributed by atoms with Crippen LogP contribution in [0, 0.1) is 22.3 Å². The average Bonchev–Trinajstić information content (AvgIpc) is 2.05. The van der Waals surface area contributed by atoms with Crippen LogP contribution < -0.4 is 10.2 Å². The van der Waals surface area contributed by atoms with Crippen LogP contribution in [0.3, 0.4) is 0 Å². The van der Waals surface area contributed by atoms with Gasteiger partial charge >= 0.3 is 31.0 Å². The van der Waals surface area contributed by atoms with E-state index in [-0.39, 0.29) is 21.1 Å². The number of hydrogen-bond donors (Lipinski definition) is 2. The number of hydrogen-bond acceptors (Lipinski definition) is 6. The molecule has 0 aliphatic carbocycles. The first-order chi connectivity index (χ1) is 6.95. The fraction of sp³-hybridized carbons (Fsp3) is 0.250. The van der Waals surface area contributed by atoms with E-state index in [0.717, 1.165) is 0 Å². The van der Waals surface area contributed by atoms with Gasteiger partial charge in [0, 0.05) is 0 Å². The zero-order chi connectivity index (χ0) is 12.7. The van der Waals surface area contributed by atoms with Crippen molar-refractivity contribution in [2.45, 2.75) is 9.88 Å². The number of thiol groups is 2. The Balaban J connectivity index is -0.000000153. The summed E-state index contributed by atoms with van der Waals surface area (Å²) in [5.41, 5.74) is 0. The molecule has 0 radical (unpaired) electrons. The van der Waals surface area contributed by atoms with E-state index in [1.165, 1.54) is 0 Å². The molecule has 0 aliphatic rings. The Morgan fingerprint density at radius 3 is 1.20 bits per heavy atom. The molecule has 0 saturated carbocycles. The standard InChI is InChI=1S/2C3H2O2S.2CH3.Sn/c2*4-3(5)1-2-6;;;/h2*6H,(H,4,5);2*1H3;/q;;;;+2/p-2. The van der Waals surface area contributed by atoms with Crippen molar-refractivity contribution in [1.82, 2.24) is 0 Å². The summed E-state index contributed by atoms with van der Waals surface area (Å²) >= 11 is 6.79. The van der Waals surface area contributed by atoms with Gasteiger partial charge in [0.05, 0.1) is 0 Å². The third-order valence-electron chi connectivity index (χ3n) is 0.316. The molecular weight excluding hydrogens is 343 g/mol. The minimum atomic E-state index is -1.40. The van der Waals surface area contributed by atoms with Crippen LogP contribution >= 0.6 is 25.3 Å². The van der Waals surface area contributed by atoms with Gasteiger partial charge in [0.2, 0.25) is 0 Å². The van der Waals surface area contributed by atoms with Gasteiger partial charge in [0.25, 0.3) is 0 Å². The SMILES string of the molecule is O=C([O-])C#CS.O=C([O-])C#CS.[CH3][Sn+2][CH3]. The van der Waals surface area contributed by atoms with Crippen LogP contribution in [0.15, 0.2) is 0 Å². The molecule has 7 heteroatoms. The second kappa shape index (κ2) is 19.2. The maximum atomic E-state index is 9.27. The third-order valence-corrected chi connectivity index (χ3v) is 0.540. The van der Waals surface area contributed by atoms with Gasteiger partial charge in [-0.3, -0.25) is 0 Å². The Labute approximate surface area is 110 Å². The molecule has 0 spiro atoms. The van der Waals surface area contributed by atoms with Crippen molar-refractivity contribution in [2.75, 3.05) is 0 Å². The molecule has 0 amide bonds. The van der Waals surface area contributed by atoms with Crippen LogP contribution in [0.2, 0.25) is 9.88 Å². The van der Waals surface area contributed by atoms with E-state index in [1.54, 1.807) is 11.8 Å². The Kier molecular flexibility index (Phi) is 25.6. The van der Waals surface area contributed by atoms with Crippen molar-refractivity contribution in [2.24, 2.45) is 0 Å². The Morgan fingerprint density at radius 1 is 1.00 bits per heavy atom. The van der Waals surface area contributed by atoms with Crippen LogP contribution in [0.25, 0.3) is 0 Å². The first-order valence-corrected chi connectivity index (χ1v) is 9.87. The molecule has 0 aromatic rings. The predicted molar refractivity (Wildman–Crippen MR) is 61.0 cm³/mol. The quantitative estimate of drug-likeness (QED) is 0.302. The number of rotatable bonds is 0. The van der Waals surface area contributed by atoms with Crippen LogP contribution in [0.1, 0.15) is 0 Å². The maximum absolute atomic E-state index is 9.27. The van der Waals surface area contributed by atoms with E-state index in [0.29, 0.717) is 0 Å². The van der Waals surface area contributed by atoms with Crippen molar-refractivity contribution in [3.05, 3.63) is 0 Å². The normalized spacial score (nSPS) is 5.07. The van der Waals surface area contributed by atoms with Crippen molar-refractivity contribution < 1.29 is 19.8 Å². The van der Waals surface area contributed by atoms with Crippen molar-refractivity contribution in [1.29, 1.82) is 0 Å². The molecule has 0 unspecified atom stereocenters. The first kappa shape index (κ1) is 20.0. The molecule has 0 fully saturated rings. The molecule has 80 valence electrons. The Morgan fingerprint density at radius 2 is 1.20 bits per heavy atom. The zero-order valence-corrected chi connectivity index (χ0v) is 12.7. The molecule has 0 atom stereocenters. The second-order valence-corrected chi connectivity index (χ2v) is 4.85. The molecule has 4 nitrogen and oxygen atoms in total. The van der Waals surface area contributed by atoms with Crippen LogP contribution in [-0.2, 0) is 9.59 Å². The summed E-state index contributed by atoms with van der Waals surface area (Å²) in [4.78, 5) is 23.1. The fourth-order valence-corrected chi connectivity index (χ4v) is 0.274. The van der Waals surface area contributed by atoms with E-state index < -0.39 is 11.9 Å². The van der Waals surface area contributed by atoms with Gasteiger partial charge < -0.3 is 19.8 Å². The van der Waals surface area contributed by atoms with Gasteiger partial charge in [0.1, 0.15) is 11.9 Å². The summed E-state index contributed by atoms with van der Waals surface area (Å²) in [6.45, 7) is 0. The van der Waals surface area contributed by atoms with Crippen LogP contribution in [-0.4, -0.2) is 33.1 Å².